The summed E-state index contributed by atoms with van der Waals surface area (Å²) >= 11 is 1.66. The van der Waals surface area contributed by atoms with Crippen molar-refractivity contribution in [1.29, 1.82) is 0 Å². The van der Waals surface area contributed by atoms with E-state index in [4.69, 9.17) is 0 Å². The monoisotopic (exact) mass is 276 g/mol. The molecule has 0 atom stereocenters. The fourth-order valence-corrected chi connectivity index (χ4v) is 2.60. The van der Waals surface area contributed by atoms with Crippen LogP contribution in [0.5, 0.6) is 0 Å². The van der Waals surface area contributed by atoms with E-state index >= 15 is 0 Å². The number of nitrogens with zero attached hydrogens (tertiary/aromatic N) is 2. The minimum Gasteiger partial charge on any atom is -0.372 e. The summed E-state index contributed by atoms with van der Waals surface area (Å²) < 4.78 is 0. The van der Waals surface area contributed by atoms with Crippen LogP contribution in [0, 0.1) is 0 Å². The Hall–Kier alpha value is -1.95. The van der Waals surface area contributed by atoms with E-state index in [1.165, 1.54) is 16.6 Å². The molecule has 0 saturated carbocycles. The van der Waals surface area contributed by atoms with Crippen molar-refractivity contribution in [3.05, 3.63) is 40.0 Å². The Labute approximate surface area is 116 Å². The van der Waals surface area contributed by atoms with Crippen molar-refractivity contribution >= 4 is 23.1 Å². The van der Waals surface area contributed by atoms with Crippen LogP contribution in [0.4, 0.5) is 5.82 Å². The average Bonchev–Trinajstić information content (AvgIpc) is 2.92. The van der Waals surface area contributed by atoms with Gasteiger partial charge in [-0.05, 0) is 23.4 Å². The number of anilines is 1. The zero-order valence-corrected chi connectivity index (χ0v) is 11.8. The van der Waals surface area contributed by atoms with Crippen molar-refractivity contribution in [3.63, 3.8) is 0 Å². The molecule has 0 aromatic carbocycles. The van der Waals surface area contributed by atoms with Crippen LogP contribution < -0.4 is 10.6 Å². The fourth-order valence-electron chi connectivity index (χ4n) is 1.68. The Morgan fingerprint density at radius 3 is 3.00 bits per heavy atom. The van der Waals surface area contributed by atoms with E-state index in [-0.39, 0.29) is 5.91 Å². The minimum atomic E-state index is -0.208. The molecule has 5 nitrogen and oxygen atoms in total. The van der Waals surface area contributed by atoms with Crippen LogP contribution in [-0.2, 0) is 13.0 Å². The molecule has 0 unspecified atom stereocenters. The smallest absolute Gasteiger partial charge is 0.271 e. The van der Waals surface area contributed by atoms with Gasteiger partial charge in [-0.3, -0.25) is 9.78 Å². The molecule has 2 rings (SSSR count). The van der Waals surface area contributed by atoms with Crippen molar-refractivity contribution in [2.24, 2.45) is 0 Å². The van der Waals surface area contributed by atoms with E-state index in [1.807, 2.05) is 5.38 Å². The predicted molar refractivity (Wildman–Crippen MR) is 76.4 cm³/mol. The lowest BCUT2D eigenvalue weighted by molar-refractivity contribution is 0.0946. The van der Waals surface area contributed by atoms with Gasteiger partial charge in [0.15, 0.2) is 0 Å². The number of nitrogens with one attached hydrogen (secondary N) is 2. The normalized spacial score (nSPS) is 10.2. The standard InChI is InChI=1S/C13H16N4OS/c1-3-9-4-5-19-11(9)7-16-13(18)10-6-15-8-12(14-2)17-10/h4-6,8H,3,7H2,1-2H3,(H,14,17)(H,16,18). The molecule has 0 aliphatic rings. The Balaban J connectivity index is 2.01. The number of hydrogen-bond acceptors (Lipinski definition) is 5. The summed E-state index contributed by atoms with van der Waals surface area (Å²) in [5.74, 6) is 0.373. The zero-order valence-electron chi connectivity index (χ0n) is 10.9. The van der Waals surface area contributed by atoms with E-state index in [9.17, 15) is 4.79 Å². The highest BCUT2D eigenvalue weighted by Crippen LogP contribution is 2.17. The van der Waals surface area contributed by atoms with Crippen LogP contribution in [0.3, 0.4) is 0 Å². The highest BCUT2D eigenvalue weighted by atomic mass is 32.1. The zero-order chi connectivity index (χ0) is 13.7. The SMILES string of the molecule is CCc1ccsc1CNC(=O)c1cncc(NC)n1. The van der Waals surface area contributed by atoms with Gasteiger partial charge in [-0.25, -0.2) is 4.98 Å². The van der Waals surface area contributed by atoms with E-state index in [0.29, 0.717) is 18.1 Å². The summed E-state index contributed by atoms with van der Waals surface area (Å²) in [6.45, 7) is 2.64. The van der Waals surface area contributed by atoms with Gasteiger partial charge in [0.2, 0.25) is 0 Å². The molecular weight excluding hydrogens is 260 g/mol. The summed E-state index contributed by atoms with van der Waals surface area (Å²) in [5, 5.41) is 7.77. The van der Waals surface area contributed by atoms with Gasteiger partial charge in [0.1, 0.15) is 11.5 Å². The van der Waals surface area contributed by atoms with Gasteiger partial charge in [-0.2, -0.15) is 0 Å². The maximum atomic E-state index is 12.0. The quantitative estimate of drug-likeness (QED) is 0.877. The Kier molecular flexibility index (Phi) is 4.46. The molecule has 0 bridgehead atoms. The van der Waals surface area contributed by atoms with E-state index in [0.717, 1.165) is 6.42 Å². The number of aromatic nitrogens is 2. The Morgan fingerprint density at radius 2 is 2.26 bits per heavy atom. The minimum absolute atomic E-state index is 0.208. The van der Waals surface area contributed by atoms with Crippen LogP contribution in [0.25, 0.3) is 0 Å². The van der Waals surface area contributed by atoms with Gasteiger partial charge in [-0.1, -0.05) is 6.92 Å². The third-order valence-electron chi connectivity index (χ3n) is 2.75. The van der Waals surface area contributed by atoms with Gasteiger partial charge >= 0.3 is 0 Å². The number of carbonyl (C=O) groups excluding carboxylic acids is 1. The van der Waals surface area contributed by atoms with Crippen molar-refractivity contribution < 1.29 is 4.79 Å². The second-order valence-corrected chi connectivity index (χ2v) is 4.95. The first-order valence-electron chi connectivity index (χ1n) is 6.07. The molecular formula is C13H16N4OS. The van der Waals surface area contributed by atoms with Crippen molar-refractivity contribution in [1.82, 2.24) is 15.3 Å². The van der Waals surface area contributed by atoms with Crippen LogP contribution in [0.2, 0.25) is 0 Å². The number of carbonyl (C=O) groups is 1. The lowest BCUT2D eigenvalue weighted by Gasteiger charge is -2.06. The summed E-state index contributed by atoms with van der Waals surface area (Å²) in [4.78, 5) is 21.3. The second kappa shape index (κ2) is 6.29. The third-order valence-corrected chi connectivity index (χ3v) is 3.71. The number of amides is 1. The molecule has 0 aliphatic heterocycles. The number of hydrogen-bond donors (Lipinski definition) is 2. The van der Waals surface area contributed by atoms with E-state index in [2.05, 4.69) is 33.6 Å². The maximum Gasteiger partial charge on any atom is 0.271 e. The molecule has 0 aliphatic carbocycles. The molecule has 19 heavy (non-hydrogen) atoms. The first-order chi connectivity index (χ1) is 9.24. The van der Waals surface area contributed by atoms with Crippen molar-refractivity contribution in [2.45, 2.75) is 19.9 Å². The topological polar surface area (TPSA) is 66.9 Å². The van der Waals surface area contributed by atoms with Gasteiger partial charge in [0.25, 0.3) is 5.91 Å². The number of thiophene rings is 1. The number of aryl methyl sites for hydroxylation is 1. The maximum absolute atomic E-state index is 12.0. The second-order valence-electron chi connectivity index (χ2n) is 3.94. The van der Waals surface area contributed by atoms with Crippen LogP contribution >= 0.6 is 11.3 Å². The predicted octanol–water partition coefficient (Wildman–Crippen LogP) is 2.07. The van der Waals surface area contributed by atoms with Crippen LogP contribution in [0.15, 0.2) is 23.8 Å². The van der Waals surface area contributed by atoms with Gasteiger partial charge in [-0.15, -0.1) is 11.3 Å². The molecule has 6 heteroatoms. The molecule has 1 amide bonds. The van der Waals surface area contributed by atoms with E-state index < -0.39 is 0 Å². The van der Waals surface area contributed by atoms with Gasteiger partial charge in [0.05, 0.1) is 18.9 Å². The Morgan fingerprint density at radius 1 is 1.42 bits per heavy atom. The first-order valence-corrected chi connectivity index (χ1v) is 6.95. The molecule has 0 saturated heterocycles. The molecule has 2 heterocycles. The number of rotatable bonds is 5. The molecule has 0 radical (unpaired) electrons. The lowest BCUT2D eigenvalue weighted by Crippen LogP contribution is -2.24. The summed E-state index contributed by atoms with van der Waals surface area (Å²) in [6.07, 6.45) is 4.01. The Bertz CT molecular complexity index is 567. The molecule has 2 aromatic rings. The summed E-state index contributed by atoms with van der Waals surface area (Å²) in [6, 6.07) is 2.09. The molecule has 0 fully saturated rings. The first kappa shape index (κ1) is 13.5. The average molecular weight is 276 g/mol. The lowest BCUT2D eigenvalue weighted by atomic mass is 10.2. The van der Waals surface area contributed by atoms with Crippen molar-refractivity contribution in [2.75, 3.05) is 12.4 Å². The largest absolute Gasteiger partial charge is 0.372 e. The summed E-state index contributed by atoms with van der Waals surface area (Å²) in [5.41, 5.74) is 1.60. The van der Waals surface area contributed by atoms with Crippen molar-refractivity contribution in [3.8, 4) is 0 Å². The highest BCUT2D eigenvalue weighted by molar-refractivity contribution is 7.10. The van der Waals surface area contributed by atoms with Gasteiger partial charge < -0.3 is 10.6 Å². The highest BCUT2D eigenvalue weighted by Gasteiger charge is 2.10. The molecule has 0 spiro atoms. The molecule has 2 aromatic heterocycles. The fraction of sp³-hybridized carbons (Fsp3) is 0.308. The summed E-state index contributed by atoms with van der Waals surface area (Å²) in [7, 11) is 1.74. The van der Waals surface area contributed by atoms with Crippen LogP contribution in [-0.4, -0.2) is 22.9 Å². The molecule has 100 valence electrons. The molecule has 2 N–H and O–H groups in total. The van der Waals surface area contributed by atoms with Crippen LogP contribution in [0.1, 0.15) is 27.9 Å². The van der Waals surface area contributed by atoms with Gasteiger partial charge in [0, 0.05) is 11.9 Å². The van der Waals surface area contributed by atoms with E-state index in [1.54, 1.807) is 24.6 Å². The third kappa shape index (κ3) is 3.29.